The van der Waals surface area contributed by atoms with Crippen LogP contribution >= 0.6 is 11.3 Å². The molecule has 40 heavy (non-hydrogen) atoms. The Labute approximate surface area is 235 Å². The van der Waals surface area contributed by atoms with Gasteiger partial charge in [0.1, 0.15) is 5.01 Å². The van der Waals surface area contributed by atoms with Gasteiger partial charge in [0.05, 0.1) is 29.9 Å². The van der Waals surface area contributed by atoms with Crippen molar-refractivity contribution < 1.29 is 14.7 Å². The molecular weight excluding hydrogens is 522 g/mol. The van der Waals surface area contributed by atoms with Crippen LogP contribution in [0.25, 0.3) is 16.6 Å². The molecule has 3 aromatic carbocycles. The van der Waals surface area contributed by atoms with Crippen LogP contribution < -0.4 is 10.2 Å². The lowest BCUT2D eigenvalue weighted by Crippen LogP contribution is -2.35. The van der Waals surface area contributed by atoms with Crippen LogP contribution in [0.3, 0.4) is 0 Å². The van der Waals surface area contributed by atoms with Crippen LogP contribution in [0.1, 0.15) is 44.3 Å². The Kier molecular flexibility index (Phi) is 7.15. The summed E-state index contributed by atoms with van der Waals surface area (Å²) in [5, 5.41) is 20.9. The third-order valence-electron chi connectivity index (χ3n) is 7.20. The lowest BCUT2D eigenvalue weighted by molar-refractivity contribution is 0.0990. The Hall–Kier alpha value is -4.34. The van der Waals surface area contributed by atoms with E-state index in [1.54, 1.807) is 6.20 Å². The topological polar surface area (TPSA) is 100 Å². The number of Topliss-reactive ketones (excluding diaryl/α,β-unsaturated/α-hetero) is 1. The van der Waals surface area contributed by atoms with Gasteiger partial charge in [0.15, 0.2) is 5.78 Å². The van der Waals surface area contributed by atoms with Gasteiger partial charge >= 0.3 is 0 Å². The summed E-state index contributed by atoms with van der Waals surface area (Å²) in [6.07, 6.45) is 3.37. The number of nitrogens with one attached hydrogen (secondary N) is 1. The Bertz CT molecular complexity index is 1670. The van der Waals surface area contributed by atoms with Crippen LogP contribution in [-0.4, -0.2) is 50.8 Å². The Morgan fingerprint density at radius 3 is 2.38 bits per heavy atom. The lowest BCUT2D eigenvalue weighted by Gasteiger charge is -2.31. The lowest BCUT2D eigenvalue weighted by atomic mass is 10.1. The quantitative estimate of drug-likeness (QED) is 0.262. The number of anilines is 2. The zero-order valence-corrected chi connectivity index (χ0v) is 22.9. The molecule has 1 fully saturated rings. The molecule has 0 saturated carbocycles. The number of hydrogen-bond donors (Lipinski definition) is 2. The minimum atomic E-state index is -0.217. The molecule has 202 valence electrons. The van der Waals surface area contributed by atoms with Gasteiger partial charge in [-0.2, -0.15) is 5.10 Å². The molecule has 2 aromatic heterocycles. The maximum Gasteiger partial charge on any atom is 0.255 e. The molecule has 6 rings (SSSR count). The first-order valence-electron chi connectivity index (χ1n) is 13.3. The molecule has 1 aliphatic heterocycles. The summed E-state index contributed by atoms with van der Waals surface area (Å²) < 4.78 is 1.82. The van der Waals surface area contributed by atoms with Crippen molar-refractivity contribution in [2.24, 2.45) is 0 Å². The first kappa shape index (κ1) is 25.9. The van der Waals surface area contributed by atoms with Crippen LogP contribution in [0, 0.1) is 6.92 Å². The summed E-state index contributed by atoms with van der Waals surface area (Å²) >= 11 is 1.50. The van der Waals surface area contributed by atoms with E-state index in [-0.39, 0.29) is 17.8 Å². The molecule has 5 aromatic rings. The molecule has 0 aliphatic carbocycles. The van der Waals surface area contributed by atoms with Gasteiger partial charge in [-0.25, -0.2) is 9.67 Å². The zero-order valence-electron chi connectivity index (χ0n) is 22.1. The van der Waals surface area contributed by atoms with Crippen molar-refractivity contribution in [2.75, 3.05) is 23.3 Å². The number of thiazole rings is 1. The second kappa shape index (κ2) is 11.0. The number of nitrogens with zero attached hydrogens (tertiary/aromatic N) is 4. The van der Waals surface area contributed by atoms with E-state index in [4.69, 9.17) is 0 Å². The number of fused-ring (bicyclic) bond motifs is 1. The minimum Gasteiger partial charge on any atom is -0.393 e. The summed E-state index contributed by atoms with van der Waals surface area (Å²) in [6.45, 7) is 3.55. The van der Waals surface area contributed by atoms with Crippen LogP contribution in [0.5, 0.6) is 0 Å². The van der Waals surface area contributed by atoms with Crippen LogP contribution in [-0.2, 0) is 6.42 Å². The highest BCUT2D eigenvalue weighted by Crippen LogP contribution is 2.24. The smallest absolute Gasteiger partial charge is 0.255 e. The van der Waals surface area contributed by atoms with Crippen LogP contribution in [0.15, 0.2) is 78.3 Å². The van der Waals surface area contributed by atoms with Gasteiger partial charge in [-0.15, -0.1) is 11.3 Å². The molecule has 0 atom stereocenters. The average molecular weight is 552 g/mol. The van der Waals surface area contributed by atoms with Crippen LogP contribution in [0.4, 0.5) is 11.4 Å². The molecule has 0 bridgehead atoms. The van der Waals surface area contributed by atoms with Gasteiger partial charge in [0.2, 0.25) is 0 Å². The number of aromatic nitrogens is 3. The largest absolute Gasteiger partial charge is 0.393 e. The minimum absolute atomic E-state index is 0.0348. The van der Waals surface area contributed by atoms with Crippen molar-refractivity contribution in [3.05, 3.63) is 100 Å². The summed E-state index contributed by atoms with van der Waals surface area (Å²) in [4.78, 5) is 32.2. The van der Waals surface area contributed by atoms with Gasteiger partial charge in [-0.05, 0) is 86.5 Å². The molecule has 9 heteroatoms. The number of aliphatic hydroxyl groups excluding tert-OH is 1. The predicted molar refractivity (Wildman–Crippen MR) is 158 cm³/mol. The van der Waals surface area contributed by atoms with Crippen molar-refractivity contribution in [1.82, 2.24) is 14.8 Å². The number of hydrogen-bond acceptors (Lipinski definition) is 7. The van der Waals surface area contributed by atoms with E-state index >= 15 is 0 Å². The summed E-state index contributed by atoms with van der Waals surface area (Å²) in [6, 6.07) is 20.7. The summed E-state index contributed by atoms with van der Waals surface area (Å²) in [5.74, 6) is -0.145. The molecule has 0 radical (unpaired) electrons. The van der Waals surface area contributed by atoms with Crippen LogP contribution in [0.2, 0.25) is 0 Å². The van der Waals surface area contributed by atoms with Crippen molar-refractivity contribution in [3.63, 3.8) is 0 Å². The number of amides is 1. The maximum atomic E-state index is 12.9. The average Bonchev–Trinajstić information content (AvgIpc) is 3.59. The molecule has 1 aliphatic rings. The fraction of sp³-hybridized carbons (Fsp3) is 0.226. The molecule has 2 N–H and O–H groups in total. The fourth-order valence-corrected chi connectivity index (χ4v) is 5.75. The van der Waals surface area contributed by atoms with E-state index in [9.17, 15) is 14.7 Å². The van der Waals surface area contributed by atoms with Gasteiger partial charge in [-0.1, -0.05) is 0 Å². The van der Waals surface area contributed by atoms with Gasteiger partial charge in [0, 0.05) is 52.1 Å². The first-order chi connectivity index (χ1) is 19.4. The Morgan fingerprint density at radius 1 is 0.975 bits per heavy atom. The predicted octanol–water partition coefficient (Wildman–Crippen LogP) is 5.43. The Balaban J connectivity index is 1.12. The standard InChI is InChI=1S/C31H29N5O3S/c1-20-19-40-30(33-20)17-29(38)21-2-9-26(10-3-21)36-28-11-6-24(16-23(28)18-32-36)34-31(39)22-4-7-25(8-5-22)35-14-12-27(37)13-15-35/h2-11,16,18-19,27,37H,12-15,17H2,1H3,(H,34,39). The third-order valence-corrected chi connectivity index (χ3v) is 8.16. The van der Waals surface area contributed by atoms with Gasteiger partial charge in [0.25, 0.3) is 5.91 Å². The SMILES string of the molecule is Cc1csc(CC(=O)c2ccc(-n3ncc4cc(NC(=O)c5ccc(N6CCC(O)CC6)cc5)ccc43)cc2)n1. The number of benzene rings is 3. The van der Waals surface area contributed by atoms with Crippen molar-refractivity contribution in [2.45, 2.75) is 32.3 Å². The normalized spacial score (nSPS) is 14.0. The molecular formula is C31H29N5O3S. The number of rotatable bonds is 7. The van der Waals surface area contributed by atoms with E-state index in [1.165, 1.54) is 11.3 Å². The van der Waals surface area contributed by atoms with Crippen molar-refractivity contribution in [1.29, 1.82) is 0 Å². The maximum absolute atomic E-state index is 12.9. The van der Waals surface area contributed by atoms with E-state index in [0.717, 1.165) is 58.9 Å². The highest BCUT2D eigenvalue weighted by Gasteiger charge is 2.18. The number of carbonyl (C=O) groups is 2. The van der Waals surface area contributed by atoms with E-state index < -0.39 is 0 Å². The monoisotopic (exact) mass is 551 g/mol. The van der Waals surface area contributed by atoms with Crippen molar-refractivity contribution >= 4 is 45.3 Å². The van der Waals surface area contributed by atoms with E-state index in [2.05, 4.69) is 20.3 Å². The second-order valence-electron chi connectivity index (χ2n) is 10.1. The summed E-state index contributed by atoms with van der Waals surface area (Å²) in [5.41, 5.74) is 5.63. The highest BCUT2D eigenvalue weighted by molar-refractivity contribution is 7.09. The van der Waals surface area contributed by atoms with E-state index in [0.29, 0.717) is 23.2 Å². The molecule has 3 heterocycles. The number of carbonyl (C=O) groups excluding carboxylic acids is 2. The van der Waals surface area contributed by atoms with Gasteiger partial charge < -0.3 is 15.3 Å². The molecule has 1 saturated heterocycles. The highest BCUT2D eigenvalue weighted by atomic mass is 32.1. The van der Waals surface area contributed by atoms with Gasteiger partial charge in [-0.3, -0.25) is 9.59 Å². The second-order valence-corrected chi connectivity index (χ2v) is 11.0. The number of ketones is 1. The molecule has 0 unspecified atom stereocenters. The number of piperidine rings is 1. The third kappa shape index (κ3) is 5.52. The fourth-order valence-electron chi connectivity index (χ4n) is 4.98. The summed E-state index contributed by atoms with van der Waals surface area (Å²) in [7, 11) is 0. The van der Waals surface area contributed by atoms with Crippen molar-refractivity contribution in [3.8, 4) is 5.69 Å². The molecule has 0 spiro atoms. The molecule has 1 amide bonds. The molecule has 8 nitrogen and oxygen atoms in total. The number of aliphatic hydroxyl groups is 1. The zero-order chi connectivity index (χ0) is 27.6. The Morgan fingerprint density at radius 2 is 1.68 bits per heavy atom. The van der Waals surface area contributed by atoms with E-state index in [1.807, 2.05) is 83.7 Å². The number of aryl methyl sites for hydroxylation is 1. The first-order valence-corrected chi connectivity index (χ1v) is 14.2.